The Morgan fingerprint density at radius 3 is 2.36 bits per heavy atom. The first-order valence-electron chi connectivity index (χ1n) is 3.81. The van der Waals surface area contributed by atoms with Crippen LogP contribution in [0.25, 0.3) is 6.08 Å². The summed E-state index contributed by atoms with van der Waals surface area (Å²) in [6, 6.07) is 5.80. The summed E-state index contributed by atoms with van der Waals surface area (Å²) in [5, 5.41) is 10.3. The summed E-state index contributed by atoms with van der Waals surface area (Å²) in [6.45, 7) is 0. The molecule has 1 amide bonds. The number of nitro benzene ring substituents is 1. The number of amides is 1. The Hall–Kier alpha value is -2.17. The molecule has 0 atom stereocenters. The fraction of sp³-hybridized carbons (Fsp3) is 0. The van der Waals surface area contributed by atoms with Crippen LogP contribution in [0.15, 0.2) is 30.3 Å². The molecular weight excluding hydrogens is 184 g/mol. The molecule has 0 aliphatic rings. The van der Waals surface area contributed by atoms with Crippen molar-refractivity contribution in [1.82, 2.24) is 0 Å². The molecule has 72 valence electrons. The lowest BCUT2D eigenvalue weighted by Crippen LogP contribution is -2.05. The first kappa shape index (κ1) is 9.91. The molecule has 0 saturated heterocycles. The smallest absolute Gasteiger partial charge is 0.269 e. The minimum Gasteiger partial charge on any atom is -0.366 e. The Labute approximate surface area is 80.0 Å². The topological polar surface area (TPSA) is 86.2 Å². The van der Waals surface area contributed by atoms with E-state index in [0.717, 1.165) is 0 Å². The average Bonchev–Trinajstić information content (AvgIpc) is 2.15. The van der Waals surface area contributed by atoms with E-state index in [1.165, 1.54) is 36.4 Å². The molecule has 0 unspecified atom stereocenters. The van der Waals surface area contributed by atoms with E-state index in [1.807, 2.05) is 0 Å². The van der Waals surface area contributed by atoms with E-state index in [4.69, 9.17) is 5.73 Å². The quantitative estimate of drug-likeness (QED) is 0.441. The van der Waals surface area contributed by atoms with E-state index in [9.17, 15) is 14.9 Å². The monoisotopic (exact) mass is 192 g/mol. The second kappa shape index (κ2) is 4.18. The second-order valence-corrected chi connectivity index (χ2v) is 2.58. The van der Waals surface area contributed by atoms with E-state index < -0.39 is 10.8 Å². The molecule has 0 saturated carbocycles. The number of nitro groups is 1. The zero-order chi connectivity index (χ0) is 10.6. The SMILES string of the molecule is NC(=O)/C=C/c1ccc([N+](=O)[O-])cc1. The number of rotatable bonds is 3. The predicted molar refractivity (Wildman–Crippen MR) is 51.3 cm³/mol. The minimum absolute atomic E-state index is 0.0150. The van der Waals surface area contributed by atoms with Gasteiger partial charge in [0.15, 0.2) is 0 Å². The number of nitrogens with two attached hydrogens (primary N) is 1. The normalized spacial score (nSPS) is 10.3. The first-order chi connectivity index (χ1) is 6.59. The number of nitrogens with zero attached hydrogens (tertiary/aromatic N) is 1. The lowest BCUT2D eigenvalue weighted by Gasteiger charge is -1.92. The van der Waals surface area contributed by atoms with Gasteiger partial charge in [-0.15, -0.1) is 0 Å². The van der Waals surface area contributed by atoms with Gasteiger partial charge < -0.3 is 5.73 Å². The van der Waals surface area contributed by atoms with Crippen molar-refractivity contribution in [2.24, 2.45) is 5.73 Å². The Morgan fingerprint density at radius 1 is 1.36 bits per heavy atom. The molecule has 0 fully saturated rings. The van der Waals surface area contributed by atoms with Crippen molar-refractivity contribution in [3.8, 4) is 0 Å². The highest BCUT2D eigenvalue weighted by atomic mass is 16.6. The molecule has 2 N–H and O–H groups in total. The maximum Gasteiger partial charge on any atom is 0.269 e. The molecule has 0 aromatic heterocycles. The molecule has 1 aromatic carbocycles. The Morgan fingerprint density at radius 2 is 1.93 bits per heavy atom. The van der Waals surface area contributed by atoms with Crippen molar-refractivity contribution in [3.05, 3.63) is 46.0 Å². The van der Waals surface area contributed by atoms with Crippen LogP contribution in [-0.2, 0) is 4.79 Å². The van der Waals surface area contributed by atoms with Gasteiger partial charge in [-0.3, -0.25) is 14.9 Å². The number of non-ortho nitro benzene ring substituents is 1. The van der Waals surface area contributed by atoms with Crippen LogP contribution in [0, 0.1) is 10.1 Å². The summed E-state index contributed by atoms with van der Waals surface area (Å²) in [5.74, 6) is -0.552. The molecule has 0 spiro atoms. The van der Waals surface area contributed by atoms with Crippen molar-refractivity contribution in [3.63, 3.8) is 0 Å². The van der Waals surface area contributed by atoms with E-state index in [0.29, 0.717) is 5.56 Å². The summed E-state index contributed by atoms with van der Waals surface area (Å²) in [5.41, 5.74) is 5.59. The van der Waals surface area contributed by atoms with Crippen LogP contribution in [0.4, 0.5) is 5.69 Å². The third-order valence-electron chi connectivity index (χ3n) is 1.54. The number of hydrogen-bond acceptors (Lipinski definition) is 3. The zero-order valence-corrected chi connectivity index (χ0v) is 7.21. The molecule has 5 nitrogen and oxygen atoms in total. The van der Waals surface area contributed by atoms with Gasteiger partial charge in [0.25, 0.3) is 5.69 Å². The highest BCUT2D eigenvalue weighted by Gasteiger charge is 2.01. The molecule has 0 heterocycles. The van der Waals surface area contributed by atoms with Gasteiger partial charge in [-0.25, -0.2) is 0 Å². The van der Waals surface area contributed by atoms with Crippen LogP contribution in [-0.4, -0.2) is 10.8 Å². The number of primary amides is 1. The molecule has 5 heteroatoms. The third kappa shape index (κ3) is 2.71. The summed E-state index contributed by atoms with van der Waals surface area (Å²) >= 11 is 0. The average molecular weight is 192 g/mol. The molecule has 1 rings (SSSR count). The molecular formula is C9H8N2O3. The van der Waals surface area contributed by atoms with E-state index in [1.54, 1.807) is 0 Å². The summed E-state index contributed by atoms with van der Waals surface area (Å²) in [7, 11) is 0. The molecule has 0 aliphatic heterocycles. The molecule has 0 aliphatic carbocycles. The van der Waals surface area contributed by atoms with Crippen LogP contribution in [0.3, 0.4) is 0 Å². The molecule has 0 radical (unpaired) electrons. The van der Waals surface area contributed by atoms with Crippen molar-refractivity contribution < 1.29 is 9.72 Å². The molecule has 0 bridgehead atoms. The Kier molecular flexibility index (Phi) is 2.96. The lowest BCUT2D eigenvalue weighted by atomic mass is 10.2. The maximum absolute atomic E-state index is 10.4. The maximum atomic E-state index is 10.4. The van der Waals surface area contributed by atoms with Crippen LogP contribution in [0.5, 0.6) is 0 Å². The van der Waals surface area contributed by atoms with Crippen molar-refractivity contribution in [1.29, 1.82) is 0 Å². The van der Waals surface area contributed by atoms with Gasteiger partial charge in [-0.1, -0.05) is 0 Å². The number of benzene rings is 1. The van der Waals surface area contributed by atoms with E-state index in [2.05, 4.69) is 0 Å². The van der Waals surface area contributed by atoms with Gasteiger partial charge in [0.2, 0.25) is 5.91 Å². The number of hydrogen-bond donors (Lipinski definition) is 1. The largest absolute Gasteiger partial charge is 0.366 e. The van der Waals surface area contributed by atoms with Gasteiger partial charge in [-0.05, 0) is 23.8 Å². The summed E-state index contributed by atoms with van der Waals surface area (Å²) in [6.07, 6.45) is 2.69. The van der Waals surface area contributed by atoms with Crippen LogP contribution in [0.2, 0.25) is 0 Å². The Balaban J connectivity index is 2.83. The molecule has 14 heavy (non-hydrogen) atoms. The zero-order valence-electron chi connectivity index (χ0n) is 7.21. The number of carbonyl (C=O) groups is 1. The fourth-order valence-electron chi connectivity index (χ4n) is 0.886. The first-order valence-corrected chi connectivity index (χ1v) is 3.81. The van der Waals surface area contributed by atoms with Gasteiger partial charge in [0.1, 0.15) is 0 Å². The molecule has 1 aromatic rings. The highest BCUT2D eigenvalue weighted by Crippen LogP contribution is 2.12. The van der Waals surface area contributed by atoms with Crippen LogP contribution in [0.1, 0.15) is 5.56 Å². The van der Waals surface area contributed by atoms with Crippen molar-refractivity contribution >= 4 is 17.7 Å². The van der Waals surface area contributed by atoms with Gasteiger partial charge in [0.05, 0.1) is 4.92 Å². The van der Waals surface area contributed by atoms with Crippen molar-refractivity contribution in [2.45, 2.75) is 0 Å². The summed E-state index contributed by atoms with van der Waals surface area (Å²) < 4.78 is 0. The van der Waals surface area contributed by atoms with Gasteiger partial charge >= 0.3 is 0 Å². The van der Waals surface area contributed by atoms with Crippen molar-refractivity contribution in [2.75, 3.05) is 0 Å². The van der Waals surface area contributed by atoms with Gasteiger partial charge in [0, 0.05) is 18.2 Å². The van der Waals surface area contributed by atoms with Gasteiger partial charge in [-0.2, -0.15) is 0 Å². The summed E-state index contributed by atoms with van der Waals surface area (Å²) in [4.78, 5) is 20.2. The third-order valence-corrected chi connectivity index (χ3v) is 1.54. The van der Waals surface area contributed by atoms with E-state index >= 15 is 0 Å². The minimum atomic E-state index is -0.552. The van der Waals surface area contributed by atoms with Crippen LogP contribution >= 0.6 is 0 Å². The highest BCUT2D eigenvalue weighted by molar-refractivity contribution is 5.90. The van der Waals surface area contributed by atoms with Crippen LogP contribution < -0.4 is 5.73 Å². The lowest BCUT2D eigenvalue weighted by molar-refractivity contribution is -0.384. The van der Waals surface area contributed by atoms with E-state index in [-0.39, 0.29) is 5.69 Å². The predicted octanol–water partition coefficient (Wildman–Crippen LogP) is 1.09. The standard InChI is InChI=1S/C9H8N2O3/c10-9(12)6-3-7-1-4-8(5-2-7)11(13)14/h1-6H,(H2,10,12)/b6-3+. The number of carbonyl (C=O) groups excluding carboxylic acids is 1. The fourth-order valence-corrected chi connectivity index (χ4v) is 0.886. The Bertz CT molecular complexity index is 382. The second-order valence-electron chi connectivity index (χ2n) is 2.58.